The molecule has 1 unspecified atom stereocenters. The molecule has 0 saturated heterocycles. The number of carbonyl (C=O) groups is 1. The second-order valence-electron chi connectivity index (χ2n) is 4.34. The molecule has 98 valence electrons. The minimum Gasteiger partial charge on any atom is -0.398 e. The van der Waals surface area contributed by atoms with E-state index in [-0.39, 0.29) is 11.9 Å². The van der Waals surface area contributed by atoms with Gasteiger partial charge in [-0.05, 0) is 30.7 Å². The van der Waals surface area contributed by atoms with Crippen molar-refractivity contribution in [2.75, 3.05) is 5.73 Å². The van der Waals surface area contributed by atoms with E-state index in [1.807, 2.05) is 43.3 Å². The molecule has 0 aliphatic heterocycles. The Labute approximate surface area is 121 Å². The Morgan fingerprint density at radius 2 is 1.89 bits per heavy atom. The number of benzene rings is 2. The molecule has 0 heterocycles. The summed E-state index contributed by atoms with van der Waals surface area (Å²) in [5.41, 5.74) is 7.84. The summed E-state index contributed by atoms with van der Waals surface area (Å²) in [6.07, 6.45) is 0. The topological polar surface area (TPSA) is 55.1 Å². The van der Waals surface area contributed by atoms with Gasteiger partial charge in [0.15, 0.2) is 0 Å². The SMILES string of the molecule is CC(NC(=O)c1cc(Br)ccc1N)c1ccccc1. The number of nitrogens with one attached hydrogen (secondary N) is 1. The van der Waals surface area contributed by atoms with Crippen LogP contribution in [0.1, 0.15) is 28.9 Å². The molecule has 0 bridgehead atoms. The number of carbonyl (C=O) groups excluding carboxylic acids is 1. The zero-order valence-electron chi connectivity index (χ0n) is 10.6. The van der Waals surface area contributed by atoms with Crippen LogP contribution in [0.3, 0.4) is 0 Å². The first-order valence-electron chi connectivity index (χ1n) is 5.99. The standard InChI is InChI=1S/C15H15BrN2O/c1-10(11-5-3-2-4-6-11)18-15(19)13-9-12(16)7-8-14(13)17/h2-10H,17H2,1H3,(H,18,19). The van der Waals surface area contributed by atoms with Crippen molar-refractivity contribution in [3.63, 3.8) is 0 Å². The van der Waals surface area contributed by atoms with Crippen LogP contribution < -0.4 is 11.1 Å². The molecule has 1 amide bonds. The van der Waals surface area contributed by atoms with E-state index in [0.717, 1.165) is 10.0 Å². The summed E-state index contributed by atoms with van der Waals surface area (Å²) < 4.78 is 0.833. The molecule has 0 radical (unpaired) electrons. The first kappa shape index (κ1) is 13.6. The molecule has 0 saturated carbocycles. The Kier molecular flexibility index (Phi) is 4.22. The molecule has 19 heavy (non-hydrogen) atoms. The zero-order chi connectivity index (χ0) is 13.8. The Morgan fingerprint density at radius 3 is 2.58 bits per heavy atom. The van der Waals surface area contributed by atoms with Gasteiger partial charge in [-0.1, -0.05) is 46.3 Å². The van der Waals surface area contributed by atoms with Crippen LogP contribution in [0.2, 0.25) is 0 Å². The van der Waals surface area contributed by atoms with Crippen LogP contribution in [0.25, 0.3) is 0 Å². The third kappa shape index (κ3) is 3.35. The quantitative estimate of drug-likeness (QED) is 0.851. The van der Waals surface area contributed by atoms with E-state index in [9.17, 15) is 4.79 Å². The molecule has 0 spiro atoms. The van der Waals surface area contributed by atoms with Crippen molar-refractivity contribution < 1.29 is 4.79 Å². The van der Waals surface area contributed by atoms with E-state index in [2.05, 4.69) is 21.2 Å². The number of hydrogen-bond acceptors (Lipinski definition) is 2. The van der Waals surface area contributed by atoms with Gasteiger partial charge in [0.25, 0.3) is 5.91 Å². The summed E-state index contributed by atoms with van der Waals surface area (Å²) in [6, 6.07) is 15.0. The highest BCUT2D eigenvalue weighted by Gasteiger charge is 2.13. The molecule has 0 aliphatic rings. The molecule has 1 atom stereocenters. The fourth-order valence-electron chi connectivity index (χ4n) is 1.82. The lowest BCUT2D eigenvalue weighted by molar-refractivity contribution is 0.0940. The maximum Gasteiger partial charge on any atom is 0.253 e. The number of hydrogen-bond donors (Lipinski definition) is 2. The number of amides is 1. The van der Waals surface area contributed by atoms with Crippen LogP contribution in [-0.4, -0.2) is 5.91 Å². The van der Waals surface area contributed by atoms with Crippen molar-refractivity contribution in [1.29, 1.82) is 0 Å². The molecular formula is C15H15BrN2O. The van der Waals surface area contributed by atoms with Gasteiger partial charge in [-0.25, -0.2) is 0 Å². The second kappa shape index (κ2) is 5.89. The van der Waals surface area contributed by atoms with E-state index in [0.29, 0.717) is 11.3 Å². The van der Waals surface area contributed by atoms with Crippen molar-refractivity contribution in [3.8, 4) is 0 Å². The normalized spacial score (nSPS) is 11.9. The fourth-order valence-corrected chi connectivity index (χ4v) is 2.19. The lowest BCUT2D eigenvalue weighted by atomic mass is 10.1. The lowest BCUT2D eigenvalue weighted by Crippen LogP contribution is -2.27. The van der Waals surface area contributed by atoms with E-state index < -0.39 is 0 Å². The Morgan fingerprint density at radius 1 is 1.21 bits per heavy atom. The highest BCUT2D eigenvalue weighted by atomic mass is 79.9. The first-order valence-corrected chi connectivity index (χ1v) is 6.78. The number of nitrogens with two attached hydrogens (primary N) is 1. The molecule has 4 heteroatoms. The maximum atomic E-state index is 12.2. The van der Waals surface area contributed by atoms with Gasteiger partial charge in [0.1, 0.15) is 0 Å². The van der Waals surface area contributed by atoms with Gasteiger partial charge in [-0.3, -0.25) is 4.79 Å². The van der Waals surface area contributed by atoms with Crippen molar-refractivity contribution in [2.45, 2.75) is 13.0 Å². The van der Waals surface area contributed by atoms with E-state index >= 15 is 0 Å². The van der Waals surface area contributed by atoms with Crippen molar-refractivity contribution >= 4 is 27.5 Å². The monoisotopic (exact) mass is 318 g/mol. The number of halogens is 1. The molecule has 2 aromatic carbocycles. The van der Waals surface area contributed by atoms with Crippen molar-refractivity contribution in [2.24, 2.45) is 0 Å². The summed E-state index contributed by atoms with van der Waals surface area (Å²) in [6.45, 7) is 1.95. The van der Waals surface area contributed by atoms with Gasteiger partial charge in [0, 0.05) is 10.2 Å². The Hall–Kier alpha value is -1.81. The van der Waals surface area contributed by atoms with Crippen LogP contribution in [0.5, 0.6) is 0 Å². The average Bonchev–Trinajstić information content (AvgIpc) is 2.42. The van der Waals surface area contributed by atoms with Crippen LogP contribution in [0, 0.1) is 0 Å². The molecule has 3 N–H and O–H groups in total. The molecule has 2 rings (SSSR count). The summed E-state index contributed by atoms with van der Waals surface area (Å²) in [4.78, 5) is 12.2. The minimum atomic E-state index is -0.171. The van der Waals surface area contributed by atoms with Gasteiger partial charge < -0.3 is 11.1 Å². The number of nitrogen functional groups attached to an aromatic ring is 1. The summed E-state index contributed by atoms with van der Waals surface area (Å²) in [5, 5.41) is 2.94. The van der Waals surface area contributed by atoms with Crippen LogP contribution in [0.4, 0.5) is 5.69 Å². The third-order valence-corrected chi connectivity index (χ3v) is 3.40. The van der Waals surface area contributed by atoms with Crippen LogP contribution in [0.15, 0.2) is 53.0 Å². The molecular weight excluding hydrogens is 304 g/mol. The summed E-state index contributed by atoms with van der Waals surface area (Å²) >= 11 is 3.34. The summed E-state index contributed by atoms with van der Waals surface area (Å²) in [7, 11) is 0. The highest BCUT2D eigenvalue weighted by molar-refractivity contribution is 9.10. The first-order chi connectivity index (χ1) is 9.08. The Balaban J connectivity index is 2.15. The van der Waals surface area contributed by atoms with Gasteiger partial charge in [-0.2, -0.15) is 0 Å². The fraction of sp³-hybridized carbons (Fsp3) is 0.133. The van der Waals surface area contributed by atoms with E-state index in [1.54, 1.807) is 12.1 Å². The van der Waals surface area contributed by atoms with E-state index in [4.69, 9.17) is 5.73 Å². The summed E-state index contributed by atoms with van der Waals surface area (Å²) in [5.74, 6) is -0.171. The third-order valence-electron chi connectivity index (χ3n) is 2.91. The van der Waals surface area contributed by atoms with Crippen LogP contribution >= 0.6 is 15.9 Å². The van der Waals surface area contributed by atoms with E-state index in [1.165, 1.54) is 0 Å². The smallest absolute Gasteiger partial charge is 0.253 e. The minimum absolute atomic E-state index is 0.0629. The maximum absolute atomic E-state index is 12.2. The predicted octanol–water partition coefficient (Wildman–Crippen LogP) is 3.52. The van der Waals surface area contributed by atoms with Gasteiger partial charge in [0.05, 0.1) is 11.6 Å². The highest BCUT2D eigenvalue weighted by Crippen LogP contribution is 2.20. The van der Waals surface area contributed by atoms with Crippen molar-refractivity contribution in [3.05, 3.63) is 64.1 Å². The number of rotatable bonds is 3. The van der Waals surface area contributed by atoms with Gasteiger partial charge >= 0.3 is 0 Å². The molecule has 0 aromatic heterocycles. The molecule has 2 aromatic rings. The predicted molar refractivity (Wildman–Crippen MR) is 80.9 cm³/mol. The van der Waals surface area contributed by atoms with Crippen LogP contribution in [-0.2, 0) is 0 Å². The van der Waals surface area contributed by atoms with Gasteiger partial charge in [0.2, 0.25) is 0 Å². The lowest BCUT2D eigenvalue weighted by Gasteiger charge is -2.15. The zero-order valence-corrected chi connectivity index (χ0v) is 12.1. The molecule has 0 fully saturated rings. The number of anilines is 1. The largest absolute Gasteiger partial charge is 0.398 e. The van der Waals surface area contributed by atoms with Gasteiger partial charge in [-0.15, -0.1) is 0 Å². The second-order valence-corrected chi connectivity index (χ2v) is 5.25. The Bertz CT molecular complexity index is 584. The average molecular weight is 319 g/mol. The molecule has 0 aliphatic carbocycles. The van der Waals surface area contributed by atoms with Crippen molar-refractivity contribution in [1.82, 2.24) is 5.32 Å². The molecule has 3 nitrogen and oxygen atoms in total.